The van der Waals surface area contributed by atoms with Crippen LogP contribution in [-0.2, 0) is 6.54 Å². The quantitative estimate of drug-likeness (QED) is 0.472. The summed E-state index contributed by atoms with van der Waals surface area (Å²) >= 11 is 0. The summed E-state index contributed by atoms with van der Waals surface area (Å²) in [7, 11) is 1.63. The molecule has 9 nitrogen and oxygen atoms in total. The Hall–Kier alpha value is -3.59. The summed E-state index contributed by atoms with van der Waals surface area (Å²) in [6.07, 6.45) is 3.47. The normalized spacial score (nSPS) is 14.5. The monoisotopic (exact) mass is 417 g/mol. The molecular weight excluding hydrogens is 394 g/mol. The van der Waals surface area contributed by atoms with Gasteiger partial charge in [0.1, 0.15) is 22.7 Å². The fourth-order valence-electron chi connectivity index (χ4n) is 3.43. The fourth-order valence-corrected chi connectivity index (χ4v) is 3.43. The lowest BCUT2D eigenvalue weighted by atomic mass is 10.1. The SMILES string of the molecule is COc1cccc2c(-c3cn(Cc4cccc(C(C)O)n4)nn3)nc(NC3CC3)nc12. The Morgan fingerprint density at radius 1 is 1.16 bits per heavy atom. The average molecular weight is 417 g/mol. The van der Waals surface area contributed by atoms with Gasteiger partial charge >= 0.3 is 0 Å². The molecule has 31 heavy (non-hydrogen) atoms. The molecule has 2 N–H and O–H groups in total. The summed E-state index contributed by atoms with van der Waals surface area (Å²) in [5.41, 5.74) is 3.50. The molecule has 3 aromatic heterocycles. The number of para-hydroxylation sites is 1. The van der Waals surface area contributed by atoms with Gasteiger partial charge in [0, 0.05) is 11.4 Å². The summed E-state index contributed by atoms with van der Waals surface area (Å²) in [5.74, 6) is 1.25. The molecule has 5 rings (SSSR count). The van der Waals surface area contributed by atoms with Gasteiger partial charge in [-0.3, -0.25) is 4.98 Å². The van der Waals surface area contributed by atoms with E-state index >= 15 is 0 Å². The van der Waals surface area contributed by atoms with Gasteiger partial charge in [-0.05, 0) is 38.0 Å². The number of nitrogens with one attached hydrogen (secondary N) is 1. The van der Waals surface area contributed by atoms with Crippen molar-refractivity contribution >= 4 is 16.9 Å². The predicted octanol–water partition coefficient (Wildman–Crippen LogP) is 2.97. The van der Waals surface area contributed by atoms with E-state index in [1.54, 1.807) is 24.8 Å². The summed E-state index contributed by atoms with van der Waals surface area (Å²) < 4.78 is 7.23. The molecule has 0 bridgehead atoms. The zero-order chi connectivity index (χ0) is 21.4. The topological polar surface area (TPSA) is 111 Å². The van der Waals surface area contributed by atoms with Gasteiger partial charge in [-0.25, -0.2) is 14.6 Å². The number of anilines is 1. The third-order valence-electron chi connectivity index (χ3n) is 5.18. The lowest BCUT2D eigenvalue weighted by Gasteiger charge is -2.10. The van der Waals surface area contributed by atoms with Gasteiger partial charge in [0.2, 0.25) is 5.95 Å². The predicted molar refractivity (Wildman–Crippen MR) is 116 cm³/mol. The molecule has 0 spiro atoms. The number of methoxy groups -OCH3 is 1. The smallest absolute Gasteiger partial charge is 0.224 e. The van der Waals surface area contributed by atoms with Gasteiger partial charge in [0.25, 0.3) is 0 Å². The molecule has 1 unspecified atom stereocenters. The Morgan fingerprint density at radius 3 is 2.77 bits per heavy atom. The van der Waals surface area contributed by atoms with E-state index in [1.165, 1.54) is 0 Å². The number of aliphatic hydroxyl groups is 1. The van der Waals surface area contributed by atoms with Crippen LogP contribution in [0.25, 0.3) is 22.3 Å². The van der Waals surface area contributed by atoms with Crippen LogP contribution < -0.4 is 10.1 Å². The highest BCUT2D eigenvalue weighted by molar-refractivity contribution is 5.95. The first-order chi connectivity index (χ1) is 15.1. The van der Waals surface area contributed by atoms with Crippen LogP contribution in [0, 0.1) is 0 Å². The number of hydrogen-bond acceptors (Lipinski definition) is 8. The number of fused-ring (bicyclic) bond motifs is 1. The molecule has 1 saturated carbocycles. The van der Waals surface area contributed by atoms with Crippen LogP contribution in [-0.4, -0.2) is 48.2 Å². The molecule has 0 amide bonds. The van der Waals surface area contributed by atoms with E-state index in [2.05, 4.69) is 25.6 Å². The highest BCUT2D eigenvalue weighted by Gasteiger charge is 2.23. The van der Waals surface area contributed by atoms with Crippen molar-refractivity contribution < 1.29 is 9.84 Å². The van der Waals surface area contributed by atoms with Crippen LogP contribution in [0.3, 0.4) is 0 Å². The highest BCUT2D eigenvalue weighted by atomic mass is 16.5. The average Bonchev–Trinajstić information content (AvgIpc) is 3.47. The maximum atomic E-state index is 9.78. The van der Waals surface area contributed by atoms with E-state index in [9.17, 15) is 5.11 Å². The van der Waals surface area contributed by atoms with Crippen molar-refractivity contribution in [3.05, 3.63) is 54.0 Å². The van der Waals surface area contributed by atoms with Gasteiger partial charge in [0.15, 0.2) is 0 Å². The van der Waals surface area contributed by atoms with Crippen molar-refractivity contribution in [2.75, 3.05) is 12.4 Å². The second-order valence-corrected chi connectivity index (χ2v) is 7.70. The first-order valence-corrected chi connectivity index (χ1v) is 10.3. The van der Waals surface area contributed by atoms with Crippen LogP contribution in [0.15, 0.2) is 42.6 Å². The number of aliphatic hydroxyl groups excluding tert-OH is 1. The molecular formula is C22H23N7O2. The molecule has 1 aliphatic rings. The van der Waals surface area contributed by atoms with Crippen molar-refractivity contribution in [1.29, 1.82) is 0 Å². The van der Waals surface area contributed by atoms with Gasteiger partial charge in [-0.1, -0.05) is 23.4 Å². The third-order valence-corrected chi connectivity index (χ3v) is 5.18. The first-order valence-electron chi connectivity index (χ1n) is 10.3. The number of rotatable bonds is 7. The lowest BCUT2D eigenvalue weighted by molar-refractivity contribution is 0.194. The number of ether oxygens (including phenoxy) is 1. The van der Waals surface area contributed by atoms with E-state index in [-0.39, 0.29) is 0 Å². The largest absolute Gasteiger partial charge is 0.494 e. The molecule has 1 aromatic carbocycles. The summed E-state index contributed by atoms with van der Waals surface area (Å²) in [4.78, 5) is 13.9. The second kappa shape index (κ2) is 7.92. The van der Waals surface area contributed by atoms with Crippen LogP contribution >= 0.6 is 0 Å². The maximum Gasteiger partial charge on any atom is 0.224 e. The number of benzene rings is 1. The minimum absolute atomic E-state index is 0.419. The molecule has 158 valence electrons. The molecule has 0 radical (unpaired) electrons. The maximum absolute atomic E-state index is 9.78. The van der Waals surface area contributed by atoms with Crippen LogP contribution in [0.2, 0.25) is 0 Å². The lowest BCUT2D eigenvalue weighted by Crippen LogP contribution is -2.07. The van der Waals surface area contributed by atoms with Crippen LogP contribution in [0.1, 0.15) is 37.3 Å². The molecule has 0 saturated heterocycles. The van der Waals surface area contributed by atoms with E-state index in [4.69, 9.17) is 9.72 Å². The molecule has 3 heterocycles. The zero-order valence-electron chi connectivity index (χ0n) is 17.4. The molecule has 1 fully saturated rings. The minimum atomic E-state index is -0.619. The van der Waals surface area contributed by atoms with Gasteiger partial charge in [-0.15, -0.1) is 5.10 Å². The molecule has 0 aliphatic heterocycles. The minimum Gasteiger partial charge on any atom is -0.494 e. The van der Waals surface area contributed by atoms with E-state index < -0.39 is 6.10 Å². The number of nitrogens with zero attached hydrogens (tertiary/aromatic N) is 6. The zero-order valence-corrected chi connectivity index (χ0v) is 17.4. The van der Waals surface area contributed by atoms with Crippen molar-refractivity contribution in [3.63, 3.8) is 0 Å². The first kappa shape index (κ1) is 19.4. The highest BCUT2D eigenvalue weighted by Crippen LogP contribution is 2.32. The molecule has 9 heteroatoms. The summed E-state index contributed by atoms with van der Waals surface area (Å²) in [5, 5.41) is 22.6. The fraction of sp³-hybridized carbons (Fsp3) is 0.318. The van der Waals surface area contributed by atoms with Crippen LogP contribution in [0.4, 0.5) is 5.95 Å². The Kier molecular flexibility index (Phi) is 4.95. The van der Waals surface area contributed by atoms with Gasteiger partial charge in [-0.2, -0.15) is 0 Å². The summed E-state index contributed by atoms with van der Waals surface area (Å²) in [6, 6.07) is 11.8. The molecule has 1 atom stereocenters. The summed E-state index contributed by atoms with van der Waals surface area (Å²) in [6.45, 7) is 2.13. The van der Waals surface area contributed by atoms with E-state index in [0.717, 1.165) is 29.4 Å². The van der Waals surface area contributed by atoms with Crippen molar-refractivity contribution in [1.82, 2.24) is 29.9 Å². The number of pyridine rings is 1. The Labute approximate surface area is 179 Å². The second-order valence-electron chi connectivity index (χ2n) is 7.70. The van der Waals surface area contributed by atoms with Crippen LogP contribution in [0.5, 0.6) is 5.75 Å². The van der Waals surface area contributed by atoms with E-state index in [1.807, 2.05) is 36.5 Å². The van der Waals surface area contributed by atoms with E-state index in [0.29, 0.717) is 41.4 Å². The van der Waals surface area contributed by atoms with Gasteiger partial charge < -0.3 is 15.2 Å². The Balaban J connectivity index is 1.52. The Morgan fingerprint density at radius 2 is 2.00 bits per heavy atom. The number of aromatic nitrogens is 6. The van der Waals surface area contributed by atoms with Gasteiger partial charge in [0.05, 0.1) is 37.3 Å². The standard InChI is InChI=1S/C22H23N7O2/c1-13(30)17-7-3-5-15(23-17)11-29-12-18(27-28-29)20-16-6-4-8-19(31-2)21(16)26-22(25-20)24-14-9-10-14/h3-8,12-14,30H,9-11H2,1-2H3,(H,24,25,26). The molecule has 1 aliphatic carbocycles. The van der Waals surface area contributed by atoms with Crippen molar-refractivity contribution in [2.24, 2.45) is 0 Å². The number of hydrogen-bond donors (Lipinski definition) is 2. The van der Waals surface area contributed by atoms with Crippen molar-refractivity contribution in [3.8, 4) is 17.1 Å². The Bertz CT molecular complexity index is 1230. The molecule has 4 aromatic rings. The van der Waals surface area contributed by atoms with Crippen molar-refractivity contribution in [2.45, 2.75) is 38.5 Å². The third kappa shape index (κ3) is 4.04.